The molecule has 0 aliphatic rings. The maximum Gasteiger partial charge on any atom is 0.242 e. The molecule has 2 aromatic rings. The van der Waals surface area contributed by atoms with Crippen molar-refractivity contribution in [3.05, 3.63) is 64.1 Å². The molecule has 0 heterocycles. The third kappa shape index (κ3) is 8.18. The molecule has 2 aromatic carbocycles. The van der Waals surface area contributed by atoms with Gasteiger partial charge in [-0.2, -0.15) is 0 Å². The molecule has 2 rings (SSSR count). The Balaban J connectivity index is 2.15. The fourth-order valence-corrected chi connectivity index (χ4v) is 4.69. The molecule has 0 spiro atoms. The largest absolute Gasteiger partial charge is 0.354 e. The van der Waals surface area contributed by atoms with Crippen LogP contribution in [0.1, 0.15) is 38.7 Å². The molecule has 0 saturated carbocycles. The molecular weight excluding hydrogens is 497 g/mol. The van der Waals surface area contributed by atoms with Gasteiger partial charge in [0.05, 0.1) is 11.9 Å². The molecule has 1 N–H and O–H groups in total. The standard InChI is InChI=1S/C24H31Cl2N3O4S/c1-4-15-27-24(31)18(2)28(17-19-8-5-6-9-22(19)26)23(30)10-7-16-29(34(3,32)33)21-13-11-20(25)12-14-21/h5-6,8-9,11-14,18H,4,7,10,15-17H2,1-3H3,(H,27,31)/t18-/m1/s1. The molecule has 34 heavy (non-hydrogen) atoms. The number of hydrogen-bond acceptors (Lipinski definition) is 4. The summed E-state index contributed by atoms with van der Waals surface area (Å²) in [7, 11) is -3.56. The fraction of sp³-hybridized carbons (Fsp3) is 0.417. The molecule has 0 aliphatic heterocycles. The van der Waals surface area contributed by atoms with Gasteiger partial charge in [0.1, 0.15) is 6.04 Å². The first-order chi connectivity index (χ1) is 16.0. The van der Waals surface area contributed by atoms with E-state index in [1.165, 1.54) is 9.21 Å². The maximum absolute atomic E-state index is 13.2. The first-order valence-electron chi connectivity index (χ1n) is 11.1. The van der Waals surface area contributed by atoms with Gasteiger partial charge in [-0.15, -0.1) is 0 Å². The lowest BCUT2D eigenvalue weighted by Gasteiger charge is -2.29. The maximum atomic E-state index is 13.2. The van der Waals surface area contributed by atoms with Gasteiger partial charge < -0.3 is 10.2 Å². The molecule has 0 bridgehead atoms. The van der Waals surface area contributed by atoms with Gasteiger partial charge in [-0.1, -0.05) is 48.3 Å². The predicted octanol–water partition coefficient (Wildman–Crippen LogP) is 4.48. The lowest BCUT2D eigenvalue weighted by molar-refractivity contribution is -0.140. The van der Waals surface area contributed by atoms with Crippen LogP contribution in [0.15, 0.2) is 48.5 Å². The van der Waals surface area contributed by atoms with Gasteiger partial charge in [-0.3, -0.25) is 13.9 Å². The van der Waals surface area contributed by atoms with E-state index < -0.39 is 16.1 Å². The van der Waals surface area contributed by atoms with Gasteiger partial charge in [-0.25, -0.2) is 8.42 Å². The number of rotatable bonds is 12. The van der Waals surface area contributed by atoms with Gasteiger partial charge in [0.25, 0.3) is 0 Å². The van der Waals surface area contributed by atoms with Crippen molar-refractivity contribution in [2.75, 3.05) is 23.7 Å². The van der Waals surface area contributed by atoms with Crippen LogP contribution in [0, 0.1) is 0 Å². The molecule has 1 atom stereocenters. The van der Waals surface area contributed by atoms with Crippen LogP contribution in [0.2, 0.25) is 10.0 Å². The molecule has 0 radical (unpaired) electrons. The molecular formula is C24H31Cl2N3O4S. The summed E-state index contributed by atoms with van der Waals surface area (Å²) in [6.07, 6.45) is 2.24. The number of nitrogens with one attached hydrogen (secondary N) is 1. The second kappa shape index (κ2) is 13.0. The van der Waals surface area contributed by atoms with Crippen molar-refractivity contribution < 1.29 is 18.0 Å². The van der Waals surface area contributed by atoms with Crippen molar-refractivity contribution in [3.8, 4) is 0 Å². The van der Waals surface area contributed by atoms with Crippen molar-refractivity contribution in [2.45, 2.75) is 45.7 Å². The summed E-state index contributed by atoms with van der Waals surface area (Å²) >= 11 is 12.2. The van der Waals surface area contributed by atoms with E-state index in [9.17, 15) is 18.0 Å². The monoisotopic (exact) mass is 527 g/mol. The molecule has 2 amide bonds. The Bertz CT molecular complexity index is 1080. The Morgan fingerprint density at radius 3 is 2.29 bits per heavy atom. The number of amides is 2. The summed E-state index contributed by atoms with van der Waals surface area (Å²) < 4.78 is 25.9. The van der Waals surface area contributed by atoms with Gasteiger partial charge in [-0.05, 0) is 55.7 Å². The molecule has 0 fully saturated rings. The summed E-state index contributed by atoms with van der Waals surface area (Å²) in [6, 6.07) is 12.9. The number of hydrogen-bond donors (Lipinski definition) is 1. The van der Waals surface area contributed by atoms with Crippen molar-refractivity contribution in [1.82, 2.24) is 10.2 Å². The van der Waals surface area contributed by atoms with Crippen LogP contribution in [0.3, 0.4) is 0 Å². The van der Waals surface area contributed by atoms with Crippen LogP contribution in [0.25, 0.3) is 0 Å². The Morgan fingerprint density at radius 2 is 1.71 bits per heavy atom. The molecule has 0 saturated heterocycles. The van der Waals surface area contributed by atoms with Crippen LogP contribution in [0.4, 0.5) is 5.69 Å². The Kier molecular flexibility index (Phi) is 10.7. The van der Waals surface area contributed by atoms with E-state index in [0.29, 0.717) is 22.3 Å². The highest BCUT2D eigenvalue weighted by atomic mass is 35.5. The smallest absolute Gasteiger partial charge is 0.242 e. The number of sulfonamides is 1. The molecule has 0 aromatic heterocycles. The van der Waals surface area contributed by atoms with Crippen LogP contribution < -0.4 is 9.62 Å². The van der Waals surface area contributed by atoms with Gasteiger partial charge >= 0.3 is 0 Å². The minimum Gasteiger partial charge on any atom is -0.354 e. The van der Waals surface area contributed by atoms with Gasteiger partial charge in [0.2, 0.25) is 21.8 Å². The third-order valence-electron chi connectivity index (χ3n) is 5.28. The molecule has 10 heteroatoms. The van der Waals surface area contributed by atoms with Crippen LogP contribution in [0.5, 0.6) is 0 Å². The Morgan fingerprint density at radius 1 is 1.06 bits per heavy atom. The van der Waals surface area contributed by atoms with Crippen LogP contribution in [-0.2, 0) is 26.2 Å². The molecule has 0 aliphatic carbocycles. The Labute approximate surface area is 212 Å². The third-order valence-corrected chi connectivity index (χ3v) is 7.10. The summed E-state index contributed by atoms with van der Waals surface area (Å²) in [5, 5.41) is 3.83. The van der Waals surface area contributed by atoms with Gasteiger partial charge in [0, 0.05) is 36.1 Å². The van der Waals surface area contributed by atoms with E-state index in [2.05, 4.69) is 5.32 Å². The second-order valence-electron chi connectivity index (χ2n) is 8.00. The lowest BCUT2D eigenvalue weighted by Crippen LogP contribution is -2.47. The topological polar surface area (TPSA) is 86.8 Å². The summed E-state index contributed by atoms with van der Waals surface area (Å²) in [5.41, 5.74) is 1.20. The number of halogens is 2. The highest BCUT2D eigenvalue weighted by Crippen LogP contribution is 2.22. The lowest BCUT2D eigenvalue weighted by atomic mass is 10.1. The minimum absolute atomic E-state index is 0.0649. The SMILES string of the molecule is CCCNC(=O)[C@@H](C)N(Cc1ccccc1Cl)C(=O)CCCN(c1ccc(Cl)cc1)S(C)(=O)=O. The zero-order chi connectivity index (χ0) is 25.3. The van der Waals surface area contributed by atoms with E-state index in [1.807, 2.05) is 19.1 Å². The van der Waals surface area contributed by atoms with Gasteiger partial charge in [0.15, 0.2) is 0 Å². The number of benzene rings is 2. The summed E-state index contributed by atoms with van der Waals surface area (Å²) in [4.78, 5) is 27.3. The second-order valence-corrected chi connectivity index (χ2v) is 10.7. The molecule has 7 nitrogen and oxygen atoms in total. The fourth-order valence-electron chi connectivity index (χ4n) is 3.40. The van der Waals surface area contributed by atoms with E-state index >= 15 is 0 Å². The average molecular weight is 529 g/mol. The van der Waals surface area contributed by atoms with Crippen LogP contribution >= 0.6 is 23.2 Å². The van der Waals surface area contributed by atoms with Crippen molar-refractivity contribution in [3.63, 3.8) is 0 Å². The van der Waals surface area contributed by atoms with E-state index in [0.717, 1.165) is 18.2 Å². The quantitative estimate of drug-likeness (QED) is 0.440. The van der Waals surface area contributed by atoms with E-state index in [-0.39, 0.29) is 37.7 Å². The first kappa shape index (κ1) is 28.0. The van der Waals surface area contributed by atoms with E-state index in [4.69, 9.17) is 23.2 Å². The Hall–Kier alpha value is -2.29. The number of carbonyl (C=O) groups is 2. The summed E-state index contributed by atoms with van der Waals surface area (Å²) in [6.45, 7) is 4.43. The van der Waals surface area contributed by atoms with Crippen molar-refractivity contribution >= 4 is 50.7 Å². The zero-order valence-electron chi connectivity index (χ0n) is 19.6. The van der Waals surface area contributed by atoms with Crippen LogP contribution in [-0.4, -0.2) is 50.5 Å². The summed E-state index contributed by atoms with van der Waals surface area (Å²) in [5.74, 6) is -0.509. The predicted molar refractivity (Wildman–Crippen MR) is 138 cm³/mol. The average Bonchev–Trinajstić information content (AvgIpc) is 2.79. The number of carbonyl (C=O) groups excluding carboxylic acids is 2. The zero-order valence-corrected chi connectivity index (χ0v) is 22.0. The highest BCUT2D eigenvalue weighted by molar-refractivity contribution is 7.92. The van der Waals surface area contributed by atoms with E-state index in [1.54, 1.807) is 43.3 Å². The molecule has 186 valence electrons. The minimum atomic E-state index is -3.56. The number of nitrogens with zero attached hydrogens (tertiary/aromatic N) is 2. The highest BCUT2D eigenvalue weighted by Gasteiger charge is 2.27. The normalized spacial score (nSPS) is 12.1. The van der Waals surface area contributed by atoms with Crippen molar-refractivity contribution in [1.29, 1.82) is 0 Å². The number of anilines is 1. The molecule has 0 unspecified atom stereocenters. The van der Waals surface area contributed by atoms with Crippen molar-refractivity contribution in [2.24, 2.45) is 0 Å². The first-order valence-corrected chi connectivity index (χ1v) is 13.7.